The molecule has 14 heavy (non-hydrogen) atoms. The molecule has 3 N–H and O–H groups in total. The molecule has 74 valence electrons. The minimum atomic E-state index is -0.396. The van der Waals surface area contributed by atoms with Crippen molar-refractivity contribution in [3.63, 3.8) is 0 Å². The molecule has 0 aliphatic heterocycles. The van der Waals surface area contributed by atoms with E-state index in [-0.39, 0.29) is 0 Å². The lowest BCUT2D eigenvalue weighted by Gasteiger charge is -1.99. The number of rotatable bonds is 2. The number of hydrogen-bond acceptors (Lipinski definition) is 2. The molecule has 0 fully saturated rings. The average molecular weight is 192 g/mol. The third-order valence-electron chi connectivity index (χ3n) is 1.46. The second-order valence-electron chi connectivity index (χ2n) is 2.28. The Labute approximate surface area is 81.1 Å². The van der Waals surface area contributed by atoms with Gasteiger partial charge in [0.05, 0.1) is 0 Å². The van der Waals surface area contributed by atoms with Gasteiger partial charge in [0.1, 0.15) is 0 Å². The zero-order valence-electron chi connectivity index (χ0n) is 7.64. The number of anilines is 1. The van der Waals surface area contributed by atoms with Gasteiger partial charge in [0.2, 0.25) is 5.91 Å². The molecule has 0 spiro atoms. The molecule has 1 amide bonds. The fourth-order valence-electron chi connectivity index (χ4n) is 0.801. The lowest BCUT2D eigenvalue weighted by Crippen LogP contribution is -2.10. The molecule has 0 unspecified atom stereocenters. The minimum absolute atomic E-state index is 0.396. The predicted octanol–water partition coefficient (Wildman–Crippen LogP) is 1.69. The molecule has 1 aromatic carbocycles. The van der Waals surface area contributed by atoms with Gasteiger partial charge in [-0.2, -0.15) is 0 Å². The van der Waals surface area contributed by atoms with E-state index in [0.29, 0.717) is 5.56 Å². The summed E-state index contributed by atoms with van der Waals surface area (Å²) < 4.78 is 0. The third kappa shape index (κ3) is 3.99. The van der Waals surface area contributed by atoms with Crippen LogP contribution in [0.4, 0.5) is 5.69 Å². The first-order valence-electron chi connectivity index (χ1n) is 3.71. The Morgan fingerprint density at radius 1 is 1.36 bits per heavy atom. The standard InChI is InChI=1S/C8H10N2O.N3/c1-10-7-4-2-6(3-5-7)8(9)11;1-3-2/h2-5,10H,1H3,(H2,9,11);/q;-1. The number of carbonyl (C=O) groups is 1. The van der Waals surface area contributed by atoms with Crippen molar-refractivity contribution < 1.29 is 4.79 Å². The zero-order valence-corrected chi connectivity index (χ0v) is 7.64. The summed E-state index contributed by atoms with van der Waals surface area (Å²) in [5.74, 6) is -0.396. The molecule has 1 rings (SSSR count). The van der Waals surface area contributed by atoms with Crippen molar-refractivity contribution in [2.45, 2.75) is 0 Å². The normalized spacial score (nSPS) is 7.79. The number of primary amides is 1. The van der Waals surface area contributed by atoms with Gasteiger partial charge in [-0.25, -0.2) is 0 Å². The van der Waals surface area contributed by atoms with E-state index in [2.05, 4.69) is 5.32 Å². The van der Waals surface area contributed by atoms with E-state index in [0.717, 1.165) is 5.69 Å². The fraction of sp³-hybridized carbons (Fsp3) is 0.125. The fourth-order valence-corrected chi connectivity index (χ4v) is 0.801. The maximum absolute atomic E-state index is 10.6. The number of nitrogens with two attached hydrogens (primary N) is 1. The Kier molecular flexibility index (Phi) is 5.34. The van der Waals surface area contributed by atoms with Crippen LogP contribution in [-0.4, -0.2) is 13.0 Å². The van der Waals surface area contributed by atoms with Crippen LogP contribution in [0.3, 0.4) is 0 Å². The van der Waals surface area contributed by atoms with Crippen LogP contribution in [-0.2, 0) is 0 Å². The number of hydrogen-bond donors (Lipinski definition) is 2. The summed E-state index contributed by atoms with van der Waals surface area (Å²) in [6, 6.07) is 6.99. The Morgan fingerprint density at radius 2 is 1.79 bits per heavy atom. The van der Waals surface area contributed by atoms with E-state index in [1.54, 1.807) is 24.3 Å². The summed E-state index contributed by atoms with van der Waals surface area (Å²) in [5, 5.41) is 2.94. The van der Waals surface area contributed by atoms with E-state index in [4.69, 9.17) is 16.8 Å². The molecule has 0 atom stereocenters. The number of carbonyl (C=O) groups excluding carboxylic acids is 1. The van der Waals surface area contributed by atoms with Crippen molar-refractivity contribution in [1.82, 2.24) is 0 Å². The van der Waals surface area contributed by atoms with E-state index in [1.165, 1.54) is 4.91 Å². The first-order chi connectivity index (χ1) is 6.65. The van der Waals surface area contributed by atoms with Crippen LogP contribution in [0.1, 0.15) is 10.4 Å². The van der Waals surface area contributed by atoms with E-state index in [1.807, 2.05) is 7.05 Å². The van der Waals surface area contributed by atoms with Crippen LogP contribution in [0.5, 0.6) is 0 Å². The summed E-state index contributed by atoms with van der Waals surface area (Å²) in [6.07, 6.45) is 0. The largest absolute Gasteiger partial charge is 0.388 e. The second-order valence-corrected chi connectivity index (χ2v) is 2.28. The van der Waals surface area contributed by atoms with Crippen molar-refractivity contribution in [3.05, 3.63) is 45.8 Å². The van der Waals surface area contributed by atoms with Gasteiger partial charge in [-0.05, 0) is 24.3 Å². The third-order valence-corrected chi connectivity index (χ3v) is 1.46. The molecular weight excluding hydrogens is 182 g/mol. The molecule has 1 aromatic rings. The van der Waals surface area contributed by atoms with Crippen LogP contribution in [0.25, 0.3) is 16.0 Å². The molecule has 0 aromatic heterocycles. The van der Waals surface area contributed by atoms with Crippen LogP contribution in [0, 0.1) is 0 Å². The highest BCUT2D eigenvalue weighted by Crippen LogP contribution is 2.07. The molecule has 6 heteroatoms. The number of amides is 1. The summed E-state index contributed by atoms with van der Waals surface area (Å²) in [5.41, 5.74) is 20.0. The first-order valence-corrected chi connectivity index (χ1v) is 3.71. The van der Waals surface area contributed by atoms with Gasteiger partial charge in [-0.3, -0.25) is 9.71 Å². The van der Waals surface area contributed by atoms with Crippen LogP contribution >= 0.6 is 0 Å². The van der Waals surface area contributed by atoms with Crippen molar-refractivity contribution in [2.75, 3.05) is 12.4 Å². The van der Waals surface area contributed by atoms with Crippen molar-refractivity contribution >= 4 is 11.6 Å². The summed E-state index contributed by atoms with van der Waals surface area (Å²) in [4.78, 5) is 12.1. The van der Waals surface area contributed by atoms with Crippen LogP contribution in [0.15, 0.2) is 24.3 Å². The molecule has 0 radical (unpaired) electrons. The molecule has 0 heterocycles. The maximum atomic E-state index is 10.6. The molecule has 0 saturated heterocycles. The van der Waals surface area contributed by atoms with Gasteiger partial charge >= 0.3 is 0 Å². The zero-order chi connectivity index (χ0) is 11.0. The predicted molar refractivity (Wildman–Crippen MR) is 54.6 cm³/mol. The van der Waals surface area contributed by atoms with Crippen LogP contribution < -0.4 is 11.1 Å². The highest BCUT2D eigenvalue weighted by Gasteiger charge is 1.97. The van der Waals surface area contributed by atoms with Gasteiger partial charge < -0.3 is 22.1 Å². The van der Waals surface area contributed by atoms with Gasteiger partial charge in [-0.1, -0.05) is 0 Å². The van der Waals surface area contributed by atoms with Crippen molar-refractivity contribution in [3.8, 4) is 0 Å². The molecule has 0 saturated carbocycles. The second kappa shape index (κ2) is 6.33. The number of benzene rings is 1. The van der Waals surface area contributed by atoms with Crippen molar-refractivity contribution in [2.24, 2.45) is 5.73 Å². The lowest BCUT2D eigenvalue weighted by molar-refractivity contribution is 0.100. The van der Waals surface area contributed by atoms with Crippen molar-refractivity contribution in [1.29, 1.82) is 0 Å². The molecule has 0 aliphatic rings. The van der Waals surface area contributed by atoms with Crippen LogP contribution in [0.2, 0.25) is 0 Å². The Hall–Kier alpha value is -2.20. The van der Waals surface area contributed by atoms with Gasteiger partial charge in [0.25, 0.3) is 0 Å². The molecular formula is C8H10N5O-. The number of nitrogens with zero attached hydrogens (tertiary/aromatic N) is 3. The first kappa shape index (κ1) is 11.8. The quantitative estimate of drug-likeness (QED) is 0.421. The topological polar surface area (TPSA) is 114 Å². The number of nitrogens with one attached hydrogen (secondary N) is 1. The van der Waals surface area contributed by atoms with Gasteiger partial charge in [0.15, 0.2) is 0 Å². The summed E-state index contributed by atoms with van der Waals surface area (Å²) >= 11 is 0. The monoisotopic (exact) mass is 192 g/mol. The summed E-state index contributed by atoms with van der Waals surface area (Å²) in [6.45, 7) is 0. The lowest BCUT2D eigenvalue weighted by atomic mass is 10.2. The van der Waals surface area contributed by atoms with Gasteiger partial charge in [-0.15, -0.1) is 0 Å². The molecule has 0 bridgehead atoms. The Bertz CT molecular complexity index is 326. The van der Waals surface area contributed by atoms with E-state index >= 15 is 0 Å². The van der Waals surface area contributed by atoms with E-state index in [9.17, 15) is 4.79 Å². The van der Waals surface area contributed by atoms with Gasteiger partial charge in [0, 0.05) is 18.3 Å². The minimum Gasteiger partial charge on any atom is -0.388 e. The summed E-state index contributed by atoms with van der Waals surface area (Å²) in [7, 11) is 1.82. The Morgan fingerprint density at radius 3 is 2.07 bits per heavy atom. The average Bonchev–Trinajstić information content (AvgIpc) is 2.19. The SMILES string of the molecule is CNc1ccc(C(N)=O)cc1.[N-]=[N+]=[N-]. The molecule has 6 nitrogen and oxygen atoms in total. The Balaban J connectivity index is 0.000000500. The molecule has 0 aliphatic carbocycles. The maximum Gasteiger partial charge on any atom is 0.248 e. The highest BCUT2D eigenvalue weighted by atomic mass is 16.1. The smallest absolute Gasteiger partial charge is 0.248 e. The highest BCUT2D eigenvalue weighted by molar-refractivity contribution is 5.93. The van der Waals surface area contributed by atoms with E-state index < -0.39 is 5.91 Å².